The minimum Gasteiger partial charge on any atom is -0.355 e. The summed E-state index contributed by atoms with van der Waals surface area (Å²) in [5, 5.41) is 3.55. The molecule has 1 aliphatic heterocycles. The molecule has 1 N–H and O–H groups in total. The summed E-state index contributed by atoms with van der Waals surface area (Å²) in [6.07, 6.45) is 1.79. The fraction of sp³-hybridized carbons (Fsp3) is 0.300. The van der Waals surface area contributed by atoms with Crippen LogP contribution in [-0.2, 0) is 20.2 Å². The van der Waals surface area contributed by atoms with Gasteiger partial charge in [-0.25, -0.2) is 12.7 Å². The molecule has 0 radical (unpaired) electrons. The van der Waals surface area contributed by atoms with E-state index in [2.05, 4.69) is 5.32 Å². The monoisotopic (exact) mass is 418 g/mol. The fourth-order valence-electron chi connectivity index (χ4n) is 3.59. The summed E-state index contributed by atoms with van der Waals surface area (Å²) in [6, 6.07) is 13.7. The van der Waals surface area contributed by atoms with Crippen LogP contribution in [-0.4, -0.2) is 37.6 Å². The van der Waals surface area contributed by atoms with Crippen LogP contribution in [0, 0.1) is 0 Å². The van der Waals surface area contributed by atoms with Crippen molar-refractivity contribution in [2.75, 3.05) is 13.1 Å². The summed E-state index contributed by atoms with van der Waals surface area (Å²) in [7, 11) is -3.88. The molecule has 28 heavy (non-hydrogen) atoms. The normalized spacial score (nSPS) is 18.6. The Kier molecular flexibility index (Phi) is 4.67. The van der Waals surface area contributed by atoms with E-state index in [-0.39, 0.29) is 34.7 Å². The molecule has 1 heterocycles. The molecular weight excluding hydrogens is 400 g/mol. The van der Waals surface area contributed by atoms with Crippen molar-refractivity contribution in [3.63, 3.8) is 0 Å². The van der Waals surface area contributed by atoms with Crippen LogP contribution < -0.4 is 5.32 Å². The van der Waals surface area contributed by atoms with Crippen LogP contribution in [0.15, 0.2) is 53.4 Å². The van der Waals surface area contributed by atoms with Crippen molar-refractivity contribution in [1.29, 1.82) is 0 Å². The van der Waals surface area contributed by atoms with Crippen LogP contribution in [0.2, 0.25) is 5.02 Å². The van der Waals surface area contributed by atoms with Crippen molar-refractivity contribution in [2.24, 2.45) is 0 Å². The number of carbonyl (C=O) groups is 2. The Hall–Kier alpha value is -2.38. The summed E-state index contributed by atoms with van der Waals surface area (Å²) in [5.74, 6) is -0.879. The predicted molar refractivity (Wildman–Crippen MR) is 105 cm³/mol. The Balaban J connectivity index is 1.37. The van der Waals surface area contributed by atoms with Crippen LogP contribution >= 0.6 is 11.6 Å². The van der Waals surface area contributed by atoms with Crippen LogP contribution in [0.5, 0.6) is 0 Å². The van der Waals surface area contributed by atoms with Gasteiger partial charge in [-0.1, -0.05) is 41.9 Å². The number of hydrogen-bond acceptors (Lipinski definition) is 4. The van der Waals surface area contributed by atoms with Gasteiger partial charge in [-0.05, 0) is 36.6 Å². The number of amides is 2. The zero-order valence-electron chi connectivity index (χ0n) is 15.0. The molecule has 2 aromatic rings. The van der Waals surface area contributed by atoms with E-state index in [0.29, 0.717) is 11.6 Å². The summed E-state index contributed by atoms with van der Waals surface area (Å²) < 4.78 is 25.8. The maximum atomic E-state index is 12.5. The standard InChI is InChI=1S/C20H19ClN2O4S/c21-16-7-3-2-6-15(16)20(10-11-20)13-22-18(24)9-12-23-19(25)14-5-1-4-8-17(14)28(23,26)27/h1-8H,9-13H2,(H,22,24). The lowest BCUT2D eigenvalue weighted by Gasteiger charge is -2.19. The molecular formula is C20H19ClN2O4S. The van der Waals surface area contributed by atoms with E-state index in [1.807, 2.05) is 24.3 Å². The van der Waals surface area contributed by atoms with Gasteiger partial charge >= 0.3 is 0 Å². The number of nitrogens with one attached hydrogen (secondary N) is 1. The SMILES string of the molecule is O=C(CCN1C(=O)c2ccccc2S1(=O)=O)NCC1(c2ccccc2Cl)CC1. The zero-order valence-corrected chi connectivity index (χ0v) is 16.6. The third kappa shape index (κ3) is 3.18. The van der Waals surface area contributed by atoms with Crippen LogP contribution in [0.4, 0.5) is 0 Å². The second-order valence-electron chi connectivity index (χ2n) is 7.17. The second-order valence-corrected chi connectivity index (χ2v) is 9.40. The van der Waals surface area contributed by atoms with Gasteiger partial charge in [-0.15, -0.1) is 0 Å². The Bertz CT molecular complexity index is 1060. The Labute approximate surface area is 168 Å². The lowest BCUT2D eigenvalue weighted by Crippen LogP contribution is -2.37. The summed E-state index contributed by atoms with van der Waals surface area (Å²) >= 11 is 6.28. The van der Waals surface area contributed by atoms with E-state index in [0.717, 1.165) is 22.7 Å². The van der Waals surface area contributed by atoms with Gasteiger partial charge in [0.1, 0.15) is 4.90 Å². The number of benzene rings is 2. The summed E-state index contributed by atoms with van der Waals surface area (Å²) in [6.45, 7) is 0.261. The van der Waals surface area contributed by atoms with Gasteiger partial charge in [0, 0.05) is 29.9 Å². The summed E-state index contributed by atoms with van der Waals surface area (Å²) in [5.41, 5.74) is 1.02. The molecule has 1 aliphatic carbocycles. The number of carbonyl (C=O) groups excluding carboxylic acids is 2. The first kappa shape index (κ1) is 19.0. The molecule has 1 saturated carbocycles. The summed E-state index contributed by atoms with van der Waals surface area (Å²) in [4.78, 5) is 24.7. The third-order valence-electron chi connectivity index (χ3n) is 5.38. The lowest BCUT2D eigenvalue weighted by molar-refractivity contribution is -0.121. The van der Waals surface area contributed by atoms with Gasteiger partial charge in [0.2, 0.25) is 5.91 Å². The molecule has 2 aromatic carbocycles. The highest BCUT2D eigenvalue weighted by atomic mass is 35.5. The van der Waals surface area contributed by atoms with E-state index in [9.17, 15) is 18.0 Å². The first-order chi connectivity index (χ1) is 13.3. The molecule has 0 spiro atoms. The highest BCUT2D eigenvalue weighted by Crippen LogP contribution is 2.49. The predicted octanol–water partition coefficient (Wildman–Crippen LogP) is 2.72. The first-order valence-electron chi connectivity index (χ1n) is 9.03. The van der Waals surface area contributed by atoms with Crippen molar-refractivity contribution in [2.45, 2.75) is 29.6 Å². The number of halogens is 1. The average Bonchev–Trinajstić information content (AvgIpc) is 3.44. The van der Waals surface area contributed by atoms with Crippen LogP contribution in [0.3, 0.4) is 0 Å². The molecule has 2 aliphatic rings. The minimum absolute atomic E-state index is 0.00365. The Morgan fingerprint density at radius 3 is 2.46 bits per heavy atom. The van der Waals surface area contributed by atoms with Crippen molar-refractivity contribution in [1.82, 2.24) is 9.62 Å². The Morgan fingerprint density at radius 1 is 1.11 bits per heavy atom. The molecule has 0 bridgehead atoms. The quantitative estimate of drug-likeness (QED) is 0.781. The lowest BCUT2D eigenvalue weighted by atomic mass is 9.96. The van der Waals surface area contributed by atoms with Gasteiger partial charge in [-0.2, -0.15) is 0 Å². The zero-order chi connectivity index (χ0) is 19.9. The largest absolute Gasteiger partial charge is 0.355 e. The minimum atomic E-state index is -3.88. The molecule has 0 aromatic heterocycles. The Morgan fingerprint density at radius 2 is 1.79 bits per heavy atom. The van der Waals surface area contributed by atoms with E-state index < -0.39 is 15.9 Å². The van der Waals surface area contributed by atoms with Gasteiger partial charge in [-0.3, -0.25) is 9.59 Å². The number of fused-ring (bicyclic) bond motifs is 1. The van der Waals surface area contributed by atoms with E-state index >= 15 is 0 Å². The fourth-order valence-corrected chi connectivity index (χ4v) is 5.50. The van der Waals surface area contributed by atoms with Gasteiger partial charge < -0.3 is 5.32 Å². The van der Waals surface area contributed by atoms with E-state index in [1.54, 1.807) is 12.1 Å². The highest BCUT2D eigenvalue weighted by molar-refractivity contribution is 7.90. The number of rotatable bonds is 6. The molecule has 2 amide bonds. The van der Waals surface area contributed by atoms with Gasteiger partial charge in [0.25, 0.3) is 15.9 Å². The molecule has 0 atom stereocenters. The van der Waals surface area contributed by atoms with Gasteiger partial charge in [0.15, 0.2) is 0 Å². The topological polar surface area (TPSA) is 83.6 Å². The first-order valence-corrected chi connectivity index (χ1v) is 10.8. The number of nitrogens with zero attached hydrogens (tertiary/aromatic N) is 1. The van der Waals surface area contributed by atoms with Crippen molar-refractivity contribution >= 4 is 33.4 Å². The molecule has 6 nitrogen and oxygen atoms in total. The van der Waals surface area contributed by atoms with Crippen molar-refractivity contribution in [3.05, 3.63) is 64.7 Å². The second kappa shape index (κ2) is 6.90. The third-order valence-corrected chi connectivity index (χ3v) is 7.55. The van der Waals surface area contributed by atoms with E-state index in [1.165, 1.54) is 12.1 Å². The van der Waals surface area contributed by atoms with E-state index in [4.69, 9.17) is 11.6 Å². The molecule has 0 saturated heterocycles. The molecule has 146 valence electrons. The molecule has 1 fully saturated rings. The van der Waals surface area contributed by atoms with Gasteiger partial charge in [0.05, 0.1) is 5.56 Å². The van der Waals surface area contributed by atoms with Crippen LogP contribution in [0.1, 0.15) is 35.2 Å². The average molecular weight is 419 g/mol. The molecule has 0 unspecified atom stereocenters. The highest BCUT2D eigenvalue weighted by Gasteiger charge is 2.45. The van der Waals surface area contributed by atoms with Crippen LogP contribution in [0.25, 0.3) is 0 Å². The molecule has 4 rings (SSSR count). The van der Waals surface area contributed by atoms with Crippen molar-refractivity contribution < 1.29 is 18.0 Å². The van der Waals surface area contributed by atoms with Crippen molar-refractivity contribution in [3.8, 4) is 0 Å². The maximum absolute atomic E-state index is 12.5. The number of hydrogen-bond donors (Lipinski definition) is 1. The smallest absolute Gasteiger partial charge is 0.269 e. The maximum Gasteiger partial charge on any atom is 0.269 e. The number of sulfonamides is 1. The molecule has 8 heteroatoms.